The van der Waals surface area contributed by atoms with Gasteiger partial charge in [-0.25, -0.2) is 0 Å². The maximum atomic E-state index is 6.23. The zero-order valence-electron chi connectivity index (χ0n) is 13.4. The number of H-pyrrole nitrogens is 1. The van der Waals surface area contributed by atoms with E-state index >= 15 is 0 Å². The van der Waals surface area contributed by atoms with Gasteiger partial charge in [0.2, 0.25) is 0 Å². The van der Waals surface area contributed by atoms with Crippen LogP contribution in [0.2, 0.25) is 18.1 Å². The number of fused-ring (bicyclic) bond motifs is 1. The highest BCUT2D eigenvalue weighted by Gasteiger charge is 2.36. The molecule has 3 heteroatoms. The average molecular weight is 289 g/mol. The average Bonchev–Trinajstić information content (AvgIpc) is 2.77. The third-order valence-corrected chi connectivity index (χ3v) is 9.07. The van der Waals surface area contributed by atoms with E-state index in [4.69, 9.17) is 4.43 Å². The maximum absolute atomic E-state index is 6.23. The lowest BCUT2D eigenvalue weighted by Gasteiger charge is -2.36. The molecule has 0 amide bonds. The van der Waals surface area contributed by atoms with Crippen LogP contribution in [0.1, 0.15) is 32.8 Å². The Hall–Kier alpha value is -1.06. The van der Waals surface area contributed by atoms with Gasteiger partial charge in [-0.2, -0.15) is 0 Å². The fourth-order valence-corrected chi connectivity index (χ4v) is 3.23. The van der Waals surface area contributed by atoms with Crippen molar-refractivity contribution >= 4 is 19.2 Å². The Morgan fingerprint density at radius 1 is 1.15 bits per heavy atom. The van der Waals surface area contributed by atoms with Crippen LogP contribution in [0, 0.1) is 0 Å². The lowest BCUT2D eigenvalue weighted by Crippen LogP contribution is -2.41. The van der Waals surface area contributed by atoms with E-state index < -0.39 is 8.32 Å². The van der Waals surface area contributed by atoms with Gasteiger partial charge in [0.15, 0.2) is 8.32 Å². The van der Waals surface area contributed by atoms with Crippen LogP contribution in [0.25, 0.3) is 10.9 Å². The van der Waals surface area contributed by atoms with Crippen molar-refractivity contribution in [3.8, 4) is 0 Å². The molecule has 20 heavy (non-hydrogen) atoms. The summed E-state index contributed by atoms with van der Waals surface area (Å²) in [5.41, 5.74) is 2.63. The van der Waals surface area contributed by atoms with Crippen molar-refractivity contribution in [2.24, 2.45) is 0 Å². The number of hydrogen-bond acceptors (Lipinski definition) is 1. The van der Waals surface area contributed by atoms with Crippen LogP contribution in [0.3, 0.4) is 0 Å². The molecule has 1 N–H and O–H groups in total. The normalized spacial score (nSPS) is 13.1. The van der Waals surface area contributed by atoms with Crippen LogP contribution in [0.4, 0.5) is 0 Å². The van der Waals surface area contributed by atoms with Crippen molar-refractivity contribution in [2.75, 3.05) is 6.61 Å². The summed E-state index contributed by atoms with van der Waals surface area (Å²) < 4.78 is 6.23. The fraction of sp³-hybridized carbons (Fsp3) is 0.529. The molecule has 2 nitrogen and oxygen atoms in total. The van der Waals surface area contributed by atoms with Crippen LogP contribution < -0.4 is 0 Å². The highest BCUT2D eigenvalue weighted by atomic mass is 28.4. The quantitative estimate of drug-likeness (QED) is 0.599. The molecule has 2 rings (SSSR count). The predicted octanol–water partition coefficient (Wildman–Crippen LogP) is 5.12. The minimum Gasteiger partial charge on any atom is -0.417 e. The van der Waals surface area contributed by atoms with Gasteiger partial charge in [0.25, 0.3) is 0 Å². The van der Waals surface area contributed by atoms with Crippen molar-refractivity contribution in [3.05, 3.63) is 36.0 Å². The Morgan fingerprint density at radius 3 is 2.55 bits per heavy atom. The second kappa shape index (κ2) is 5.74. The van der Waals surface area contributed by atoms with E-state index in [2.05, 4.69) is 69.3 Å². The van der Waals surface area contributed by atoms with E-state index in [1.54, 1.807) is 0 Å². The van der Waals surface area contributed by atoms with E-state index in [1.165, 1.54) is 16.5 Å². The summed E-state index contributed by atoms with van der Waals surface area (Å²) in [5.74, 6) is 0. The number of aryl methyl sites for hydroxylation is 1. The van der Waals surface area contributed by atoms with Gasteiger partial charge in [-0.15, -0.1) is 0 Å². The van der Waals surface area contributed by atoms with E-state index in [9.17, 15) is 0 Å². The van der Waals surface area contributed by atoms with Crippen molar-refractivity contribution in [1.82, 2.24) is 4.98 Å². The molecule has 0 fully saturated rings. The van der Waals surface area contributed by atoms with Crippen molar-refractivity contribution in [2.45, 2.75) is 51.7 Å². The number of aromatic amines is 1. The Bertz CT molecular complexity index is 566. The summed E-state index contributed by atoms with van der Waals surface area (Å²) in [7, 11) is -1.59. The Labute approximate surface area is 123 Å². The molecule has 0 atom stereocenters. The van der Waals surface area contributed by atoms with Crippen LogP contribution in [-0.2, 0) is 10.8 Å². The number of hydrogen-bond donors (Lipinski definition) is 1. The molecule has 0 saturated carbocycles. The molecular formula is C17H27NOSi. The number of nitrogens with one attached hydrogen (secondary N) is 1. The minimum atomic E-state index is -1.59. The van der Waals surface area contributed by atoms with Crippen molar-refractivity contribution < 1.29 is 4.43 Å². The summed E-state index contributed by atoms with van der Waals surface area (Å²) in [6, 6.07) is 8.50. The molecule has 0 bridgehead atoms. The SMILES string of the molecule is CC(C)(C)[Si](C)(C)OCCCc1c[nH]c2ccccc12. The summed E-state index contributed by atoms with van der Waals surface area (Å²) in [4.78, 5) is 3.34. The molecule has 1 heterocycles. The van der Waals surface area contributed by atoms with E-state index in [-0.39, 0.29) is 0 Å². The molecule has 0 unspecified atom stereocenters. The van der Waals surface area contributed by atoms with Crippen LogP contribution in [-0.4, -0.2) is 19.9 Å². The molecule has 2 aromatic rings. The molecule has 0 saturated heterocycles. The Morgan fingerprint density at radius 2 is 1.85 bits per heavy atom. The number of aromatic nitrogens is 1. The molecule has 1 aromatic carbocycles. The van der Waals surface area contributed by atoms with Crippen LogP contribution in [0.15, 0.2) is 30.5 Å². The molecule has 0 radical (unpaired) electrons. The van der Waals surface area contributed by atoms with Gasteiger partial charge in [0.05, 0.1) is 0 Å². The summed E-state index contributed by atoms with van der Waals surface area (Å²) in [5, 5.41) is 1.65. The third kappa shape index (κ3) is 3.33. The molecular weight excluding hydrogens is 262 g/mol. The molecule has 1 aromatic heterocycles. The third-order valence-electron chi connectivity index (χ3n) is 4.53. The molecule has 110 valence electrons. The summed E-state index contributed by atoms with van der Waals surface area (Å²) in [6.07, 6.45) is 4.31. The largest absolute Gasteiger partial charge is 0.417 e. The highest BCUT2D eigenvalue weighted by molar-refractivity contribution is 6.74. The van der Waals surface area contributed by atoms with E-state index in [0.29, 0.717) is 5.04 Å². The first-order valence-electron chi connectivity index (χ1n) is 7.50. The van der Waals surface area contributed by atoms with Gasteiger partial charge < -0.3 is 9.41 Å². The van der Waals surface area contributed by atoms with E-state index in [1.807, 2.05) is 0 Å². The smallest absolute Gasteiger partial charge is 0.191 e. The standard InChI is InChI=1S/C17H27NOSi/c1-17(2,3)20(4,5)19-12-8-9-14-13-18-16-11-7-6-10-15(14)16/h6-7,10-11,13,18H,8-9,12H2,1-5H3. The predicted molar refractivity (Wildman–Crippen MR) is 89.8 cm³/mol. The van der Waals surface area contributed by atoms with Gasteiger partial charge in [-0.3, -0.25) is 0 Å². The fourth-order valence-electron chi connectivity index (χ4n) is 2.14. The zero-order chi connectivity index (χ0) is 14.8. The monoisotopic (exact) mass is 289 g/mol. The summed E-state index contributed by atoms with van der Waals surface area (Å²) >= 11 is 0. The van der Waals surface area contributed by atoms with Crippen LogP contribution >= 0.6 is 0 Å². The van der Waals surface area contributed by atoms with Gasteiger partial charge >= 0.3 is 0 Å². The molecule has 0 spiro atoms. The molecule has 0 aliphatic rings. The van der Waals surface area contributed by atoms with Crippen LogP contribution in [0.5, 0.6) is 0 Å². The van der Waals surface area contributed by atoms with Crippen molar-refractivity contribution in [3.63, 3.8) is 0 Å². The van der Waals surface area contributed by atoms with Gasteiger partial charge in [0, 0.05) is 23.7 Å². The highest BCUT2D eigenvalue weighted by Crippen LogP contribution is 2.36. The zero-order valence-corrected chi connectivity index (χ0v) is 14.4. The number of rotatable bonds is 5. The first-order valence-corrected chi connectivity index (χ1v) is 10.4. The lowest BCUT2D eigenvalue weighted by molar-refractivity contribution is 0.282. The minimum absolute atomic E-state index is 0.299. The van der Waals surface area contributed by atoms with Gasteiger partial charge in [0.1, 0.15) is 0 Å². The summed E-state index contributed by atoms with van der Waals surface area (Å²) in [6.45, 7) is 12.4. The van der Waals surface area contributed by atoms with Gasteiger partial charge in [-0.05, 0) is 42.6 Å². The second-order valence-corrected chi connectivity index (χ2v) is 11.9. The molecule has 0 aliphatic carbocycles. The van der Waals surface area contributed by atoms with E-state index in [0.717, 1.165) is 19.4 Å². The number of para-hydroxylation sites is 1. The first-order chi connectivity index (χ1) is 9.31. The van der Waals surface area contributed by atoms with Crippen molar-refractivity contribution in [1.29, 1.82) is 0 Å². The first kappa shape index (κ1) is 15.3. The maximum Gasteiger partial charge on any atom is 0.191 e. The second-order valence-electron chi connectivity index (χ2n) is 7.07. The van der Waals surface area contributed by atoms with Gasteiger partial charge in [-0.1, -0.05) is 39.0 Å². The Balaban J connectivity index is 1.88. The lowest BCUT2D eigenvalue weighted by atomic mass is 10.1. The molecule has 0 aliphatic heterocycles. The number of benzene rings is 1. The Kier molecular flexibility index (Phi) is 4.40. The topological polar surface area (TPSA) is 25.0 Å².